The van der Waals surface area contributed by atoms with Crippen LogP contribution in [-0.4, -0.2) is 26.2 Å². The molecule has 1 amide bonds. The molecule has 110 valence electrons. The molecular formula is C16H23NO3. The molecular weight excluding hydrogens is 254 g/mol. The summed E-state index contributed by atoms with van der Waals surface area (Å²) in [4.78, 5) is 11.4. The van der Waals surface area contributed by atoms with Gasteiger partial charge in [0.2, 0.25) is 5.91 Å². The normalized spacial score (nSPS) is 10.8. The van der Waals surface area contributed by atoms with Crippen molar-refractivity contribution in [1.82, 2.24) is 5.32 Å². The van der Waals surface area contributed by atoms with Crippen LogP contribution in [0.5, 0.6) is 11.5 Å². The fourth-order valence-electron chi connectivity index (χ4n) is 1.57. The molecule has 0 radical (unpaired) electrons. The average Bonchev–Trinajstić information content (AvgIpc) is 2.43. The van der Waals surface area contributed by atoms with Crippen LogP contribution in [0.1, 0.15) is 26.3 Å². The third kappa shape index (κ3) is 5.34. The number of amides is 1. The Morgan fingerprint density at radius 1 is 1.35 bits per heavy atom. The lowest BCUT2D eigenvalue weighted by Gasteiger charge is -2.12. The van der Waals surface area contributed by atoms with Gasteiger partial charge in [0.15, 0.2) is 11.5 Å². The number of carbonyl (C=O) groups is 1. The molecule has 1 aromatic rings. The van der Waals surface area contributed by atoms with Gasteiger partial charge in [0, 0.05) is 12.6 Å². The molecule has 1 N–H and O–H groups in total. The van der Waals surface area contributed by atoms with Gasteiger partial charge in [0.25, 0.3) is 0 Å². The highest BCUT2D eigenvalue weighted by Gasteiger charge is 2.06. The maximum atomic E-state index is 11.4. The van der Waals surface area contributed by atoms with Gasteiger partial charge in [-0.05, 0) is 36.6 Å². The minimum atomic E-state index is -0.105. The molecule has 0 aliphatic heterocycles. The number of hydrogen-bond donors (Lipinski definition) is 1. The van der Waals surface area contributed by atoms with Crippen molar-refractivity contribution in [3.63, 3.8) is 0 Å². The quantitative estimate of drug-likeness (QED) is 0.780. The van der Waals surface area contributed by atoms with Crippen molar-refractivity contribution < 1.29 is 14.3 Å². The van der Waals surface area contributed by atoms with Gasteiger partial charge in [0.05, 0.1) is 13.7 Å². The highest BCUT2D eigenvalue weighted by Crippen LogP contribution is 2.28. The van der Waals surface area contributed by atoms with Gasteiger partial charge in [-0.25, -0.2) is 0 Å². The molecule has 0 saturated carbocycles. The molecule has 0 bridgehead atoms. The molecule has 0 aliphatic carbocycles. The van der Waals surface area contributed by atoms with Crippen LogP contribution in [0.25, 0.3) is 6.08 Å². The first-order valence-electron chi connectivity index (χ1n) is 6.83. The van der Waals surface area contributed by atoms with E-state index in [1.54, 1.807) is 13.2 Å². The molecule has 1 aromatic carbocycles. The highest BCUT2D eigenvalue weighted by molar-refractivity contribution is 5.91. The summed E-state index contributed by atoms with van der Waals surface area (Å²) in [6.45, 7) is 7.33. The molecule has 0 spiro atoms. The fraction of sp³-hybridized carbons (Fsp3) is 0.438. The lowest BCUT2D eigenvalue weighted by atomic mass is 10.2. The third-order valence-electron chi connectivity index (χ3n) is 2.54. The summed E-state index contributed by atoms with van der Waals surface area (Å²) in [5.41, 5.74) is 0.894. The number of likely N-dealkylation sites (N-methyl/N-ethyl adjacent to an activating group) is 1. The minimum absolute atomic E-state index is 0.105. The largest absolute Gasteiger partial charge is 0.493 e. The molecule has 0 saturated heterocycles. The van der Waals surface area contributed by atoms with E-state index in [-0.39, 0.29) is 5.91 Å². The number of methoxy groups -OCH3 is 1. The van der Waals surface area contributed by atoms with Crippen molar-refractivity contribution in [1.29, 1.82) is 0 Å². The predicted molar refractivity (Wildman–Crippen MR) is 81.0 cm³/mol. The number of hydrogen-bond acceptors (Lipinski definition) is 3. The molecule has 0 atom stereocenters. The SMILES string of the molecule is CCNC(=O)/C=C/c1ccc(OCC(C)C)c(OC)c1. The van der Waals surface area contributed by atoms with E-state index in [1.165, 1.54) is 6.08 Å². The van der Waals surface area contributed by atoms with Crippen LogP contribution in [-0.2, 0) is 4.79 Å². The zero-order valence-electron chi connectivity index (χ0n) is 12.6. The smallest absolute Gasteiger partial charge is 0.243 e. The van der Waals surface area contributed by atoms with Gasteiger partial charge in [-0.2, -0.15) is 0 Å². The van der Waals surface area contributed by atoms with E-state index in [9.17, 15) is 4.79 Å². The Bertz CT molecular complexity index is 467. The monoisotopic (exact) mass is 277 g/mol. The maximum Gasteiger partial charge on any atom is 0.243 e. The van der Waals surface area contributed by atoms with Crippen molar-refractivity contribution in [2.75, 3.05) is 20.3 Å². The molecule has 4 nitrogen and oxygen atoms in total. The number of nitrogens with one attached hydrogen (secondary N) is 1. The van der Waals surface area contributed by atoms with E-state index in [0.717, 1.165) is 11.3 Å². The number of carbonyl (C=O) groups excluding carboxylic acids is 1. The lowest BCUT2D eigenvalue weighted by Crippen LogP contribution is -2.19. The van der Waals surface area contributed by atoms with Crippen LogP contribution in [0.2, 0.25) is 0 Å². The maximum absolute atomic E-state index is 11.4. The Labute approximate surface area is 120 Å². The summed E-state index contributed by atoms with van der Waals surface area (Å²) < 4.78 is 11.0. The van der Waals surface area contributed by atoms with Gasteiger partial charge in [0.1, 0.15) is 0 Å². The van der Waals surface area contributed by atoms with Crippen LogP contribution in [0.15, 0.2) is 24.3 Å². The fourth-order valence-corrected chi connectivity index (χ4v) is 1.57. The Morgan fingerprint density at radius 2 is 2.10 bits per heavy atom. The summed E-state index contributed by atoms with van der Waals surface area (Å²) >= 11 is 0. The van der Waals surface area contributed by atoms with Crippen LogP contribution in [0, 0.1) is 5.92 Å². The van der Waals surface area contributed by atoms with E-state index in [2.05, 4.69) is 19.2 Å². The standard InChI is InChI=1S/C16H23NO3/c1-5-17-16(18)9-7-13-6-8-14(15(10-13)19-4)20-11-12(2)3/h6-10,12H,5,11H2,1-4H3,(H,17,18)/b9-7+. The number of rotatable bonds is 7. The molecule has 20 heavy (non-hydrogen) atoms. The van der Waals surface area contributed by atoms with Crippen molar-refractivity contribution in [3.05, 3.63) is 29.8 Å². The number of ether oxygens (including phenoxy) is 2. The van der Waals surface area contributed by atoms with Gasteiger partial charge < -0.3 is 14.8 Å². The zero-order valence-corrected chi connectivity index (χ0v) is 12.6. The molecule has 0 heterocycles. The molecule has 0 fully saturated rings. The second-order valence-corrected chi connectivity index (χ2v) is 4.84. The second-order valence-electron chi connectivity index (χ2n) is 4.84. The zero-order chi connectivity index (χ0) is 15.0. The van der Waals surface area contributed by atoms with Gasteiger partial charge in [-0.3, -0.25) is 4.79 Å². The first kappa shape index (κ1) is 16.1. The van der Waals surface area contributed by atoms with E-state index in [1.807, 2.05) is 25.1 Å². The van der Waals surface area contributed by atoms with Gasteiger partial charge in [-0.1, -0.05) is 19.9 Å². The summed E-state index contributed by atoms with van der Waals surface area (Å²) in [7, 11) is 1.61. The highest BCUT2D eigenvalue weighted by atomic mass is 16.5. The van der Waals surface area contributed by atoms with Crippen LogP contribution in [0.4, 0.5) is 0 Å². The first-order chi connectivity index (χ1) is 9.56. The van der Waals surface area contributed by atoms with Crippen molar-refractivity contribution in [2.45, 2.75) is 20.8 Å². The second kappa shape index (κ2) is 8.25. The summed E-state index contributed by atoms with van der Waals surface area (Å²) in [6, 6.07) is 5.61. The summed E-state index contributed by atoms with van der Waals surface area (Å²) in [6.07, 6.45) is 3.26. The van der Waals surface area contributed by atoms with Crippen molar-refractivity contribution in [2.24, 2.45) is 5.92 Å². The first-order valence-corrected chi connectivity index (χ1v) is 6.83. The third-order valence-corrected chi connectivity index (χ3v) is 2.54. The van der Waals surface area contributed by atoms with E-state index >= 15 is 0 Å². The molecule has 0 aromatic heterocycles. The minimum Gasteiger partial charge on any atom is -0.493 e. The predicted octanol–water partition coefficient (Wildman–Crippen LogP) is 2.88. The Balaban J connectivity index is 2.78. The van der Waals surface area contributed by atoms with E-state index < -0.39 is 0 Å². The lowest BCUT2D eigenvalue weighted by molar-refractivity contribution is -0.116. The summed E-state index contributed by atoms with van der Waals surface area (Å²) in [5, 5.41) is 2.71. The number of benzene rings is 1. The van der Waals surface area contributed by atoms with Crippen molar-refractivity contribution in [3.8, 4) is 11.5 Å². The Kier molecular flexibility index (Phi) is 6.64. The Hall–Kier alpha value is -1.97. The summed E-state index contributed by atoms with van der Waals surface area (Å²) in [5.74, 6) is 1.74. The van der Waals surface area contributed by atoms with Crippen LogP contribution < -0.4 is 14.8 Å². The average molecular weight is 277 g/mol. The van der Waals surface area contributed by atoms with E-state index in [4.69, 9.17) is 9.47 Å². The molecule has 4 heteroatoms. The van der Waals surface area contributed by atoms with E-state index in [0.29, 0.717) is 24.8 Å². The van der Waals surface area contributed by atoms with Gasteiger partial charge >= 0.3 is 0 Å². The molecule has 0 unspecified atom stereocenters. The molecule has 1 rings (SSSR count). The van der Waals surface area contributed by atoms with Crippen LogP contribution in [0.3, 0.4) is 0 Å². The van der Waals surface area contributed by atoms with Crippen molar-refractivity contribution >= 4 is 12.0 Å². The van der Waals surface area contributed by atoms with Gasteiger partial charge in [-0.15, -0.1) is 0 Å². The Morgan fingerprint density at radius 3 is 2.70 bits per heavy atom. The molecule has 0 aliphatic rings. The topological polar surface area (TPSA) is 47.6 Å². The van der Waals surface area contributed by atoms with Crippen LogP contribution >= 0.6 is 0 Å².